The molecule has 1 atom stereocenters. The summed E-state index contributed by atoms with van der Waals surface area (Å²) in [6.07, 6.45) is -0.355. The number of alkyl carbamates (subject to hydrolysis) is 1. The average molecular weight is 372 g/mol. The van der Waals surface area contributed by atoms with Crippen molar-refractivity contribution in [3.63, 3.8) is 0 Å². The fraction of sp³-hybridized carbons (Fsp3) is 0.750. The first kappa shape index (κ1) is 21.3. The molecule has 2 N–H and O–H groups in total. The van der Waals surface area contributed by atoms with E-state index in [1.165, 1.54) is 11.8 Å². The summed E-state index contributed by atoms with van der Waals surface area (Å²) in [5, 5.41) is 7.11. The lowest BCUT2D eigenvalue weighted by Crippen LogP contribution is -2.47. The zero-order valence-corrected chi connectivity index (χ0v) is 16.3. The quantitative estimate of drug-likeness (QED) is 0.494. The number of amides is 2. The van der Waals surface area contributed by atoms with E-state index in [4.69, 9.17) is 4.74 Å². The molecule has 9 heteroatoms. The van der Waals surface area contributed by atoms with E-state index < -0.39 is 23.8 Å². The Morgan fingerprint density at radius 1 is 1.24 bits per heavy atom. The van der Waals surface area contributed by atoms with Gasteiger partial charge in [-0.25, -0.2) is 10.2 Å². The first-order chi connectivity index (χ1) is 11.7. The van der Waals surface area contributed by atoms with Crippen molar-refractivity contribution in [1.82, 2.24) is 15.6 Å². The number of ether oxygens (including phenoxy) is 1. The predicted octanol–water partition coefficient (Wildman–Crippen LogP) is 1.42. The van der Waals surface area contributed by atoms with Crippen molar-refractivity contribution >= 4 is 34.7 Å². The molecule has 1 aliphatic rings. The van der Waals surface area contributed by atoms with Crippen LogP contribution in [-0.2, 0) is 14.3 Å². The van der Waals surface area contributed by atoms with Gasteiger partial charge in [0.15, 0.2) is 5.17 Å². The molecule has 0 aromatic rings. The Kier molecular flexibility index (Phi) is 8.74. The number of rotatable bonds is 8. The zero-order valence-electron chi connectivity index (χ0n) is 15.5. The van der Waals surface area contributed by atoms with E-state index in [2.05, 4.69) is 15.8 Å². The maximum absolute atomic E-state index is 12.4. The van der Waals surface area contributed by atoms with Crippen LogP contribution in [0.15, 0.2) is 5.10 Å². The van der Waals surface area contributed by atoms with E-state index in [0.717, 1.165) is 12.3 Å². The molecule has 0 aromatic heterocycles. The number of thioether (sulfide) groups is 1. The van der Waals surface area contributed by atoms with Crippen LogP contribution in [-0.4, -0.2) is 59.8 Å². The molecule has 0 saturated carbocycles. The molecular formula is C16H28N4O4S. The molecule has 0 aliphatic carbocycles. The monoisotopic (exact) mass is 372 g/mol. The Balaban J connectivity index is 2.65. The van der Waals surface area contributed by atoms with Crippen LogP contribution in [0.5, 0.6) is 0 Å². The number of carbonyl (C=O) groups excluding carboxylic acids is 3. The largest absolute Gasteiger partial charge is 0.449 e. The van der Waals surface area contributed by atoms with E-state index in [1.54, 1.807) is 0 Å². The number of hydrazone groups is 1. The third-order valence-corrected chi connectivity index (χ3v) is 4.37. The number of nitrogens with zero attached hydrogens (tertiary/aromatic N) is 2. The topological polar surface area (TPSA) is 100 Å². The number of amidine groups is 1. The SMILES string of the molecule is CC(C)COC(=O)N[C@@H](CC(C)C)C(=O)C(=O)N/N=C1\SCCN1C. The number of carbonyl (C=O) groups is 3. The lowest BCUT2D eigenvalue weighted by Gasteiger charge is -2.19. The number of nitrogens with one attached hydrogen (secondary N) is 2. The molecule has 1 heterocycles. The maximum Gasteiger partial charge on any atom is 0.407 e. The van der Waals surface area contributed by atoms with Crippen LogP contribution >= 0.6 is 11.8 Å². The minimum Gasteiger partial charge on any atom is -0.449 e. The summed E-state index contributed by atoms with van der Waals surface area (Å²) < 4.78 is 5.03. The summed E-state index contributed by atoms with van der Waals surface area (Å²) >= 11 is 1.50. The third-order valence-electron chi connectivity index (χ3n) is 3.32. The number of ketones is 1. The van der Waals surface area contributed by atoms with Crippen LogP contribution in [0.4, 0.5) is 4.79 Å². The molecule has 1 fully saturated rings. The molecule has 0 aromatic carbocycles. The van der Waals surface area contributed by atoms with Crippen LogP contribution in [0.2, 0.25) is 0 Å². The van der Waals surface area contributed by atoms with Gasteiger partial charge in [-0.15, -0.1) is 5.10 Å². The molecule has 1 saturated heterocycles. The highest BCUT2D eigenvalue weighted by Gasteiger charge is 2.28. The minimum absolute atomic E-state index is 0.120. The van der Waals surface area contributed by atoms with Crippen molar-refractivity contribution < 1.29 is 19.1 Å². The Labute approximate surface area is 153 Å². The van der Waals surface area contributed by atoms with E-state index in [9.17, 15) is 14.4 Å². The van der Waals surface area contributed by atoms with Gasteiger partial charge in [0.05, 0.1) is 6.61 Å². The molecule has 2 amide bonds. The summed E-state index contributed by atoms with van der Waals surface area (Å²) in [4.78, 5) is 38.2. The second kappa shape index (κ2) is 10.3. The van der Waals surface area contributed by atoms with Gasteiger partial charge in [-0.2, -0.15) is 0 Å². The summed E-state index contributed by atoms with van der Waals surface area (Å²) in [6.45, 7) is 8.72. The van der Waals surface area contributed by atoms with Gasteiger partial charge in [-0.3, -0.25) is 9.59 Å². The van der Waals surface area contributed by atoms with Gasteiger partial charge in [-0.05, 0) is 18.3 Å². The molecule has 0 bridgehead atoms. The smallest absolute Gasteiger partial charge is 0.407 e. The van der Waals surface area contributed by atoms with Gasteiger partial charge in [0, 0.05) is 19.3 Å². The van der Waals surface area contributed by atoms with E-state index in [-0.39, 0.29) is 18.4 Å². The number of hydrogen-bond acceptors (Lipinski definition) is 6. The highest BCUT2D eigenvalue weighted by Crippen LogP contribution is 2.14. The Bertz CT molecular complexity index is 522. The van der Waals surface area contributed by atoms with Crippen LogP contribution in [0.25, 0.3) is 0 Å². The van der Waals surface area contributed by atoms with E-state index in [0.29, 0.717) is 11.6 Å². The number of hydrogen-bond donors (Lipinski definition) is 2. The van der Waals surface area contributed by atoms with Crippen molar-refractivity contribution in [3.05, 3.63) is 0 Å². The Morgan fingerprint density at radius 2 is 1.92 bits per heavy atom. The molecule has 8 nitrogen and oxygen atoms in total. The second-order valence-electron chi connectivity index (χ2n) is 6.79. The highest BCUT2D eigenvalue weighted by molar-refractivity contribution is 8.14. The molecular weight excluding hydrogens is 344 g/mol. The van der Waals surface area contributed by atoms with Crippen molar-refractivity contribution in [2.24, 2.45) is 16.9 Å². The first-order valence-corrected chi connectivity index (χ1v) is 9.38. The molecule has 0 radical (unpaired) electrons. The minimum atomic E-state index is -0.936. The summed E-state index contributed by atoms with van der Waals surface area (Å²) in [5.41, 5.74) is 2.28. The molecule has 25 heavy (non-hydrogen) atoms. The van der Waals surface area contributed by atoms with Crippen LogP contribution < -0.4 is 10.7 Å². The summed E-state index contributed by atoms with van der Waals surface area (Å²) in [7, 11) is 1.86. The van der Waals surface area contributed by atoms with Crippen molar-refractivity contribution in [1.29, 1.82) is 0 Å². The molecule has 1 rings (SSSR count). The second-order valence-corrected chi connectivity index (χ2v) is 7.85. The Hall–Kier alpha value is -1.77. The van der Waals surface area contributed by atoms with Gasteiger partial charge in [-0.1, -0.05) is 39.5 Å². The van der Waals surface area contributed by atoms with Gasteiger partial charge >= 0.3 is 12.0 Å². The van der Waals surface area contributed by atoms with Crippen molar-refractivity contribution in [2.45, 2.75) is 40.2 Å². The van der Waals surface area contributed by atoms with Gasteiger partial charge in [0.1, 0.15) is 6.04 Å². The first-order valence-electron chi connectivity index (χ1n) is 8.39. The van der Waals surface area contributed by atoms with Gasteiger partial charge in [0.2, 0.25) is 5.78 Å². The summed E-state index contributed by atoms with van der Waals surface area (Å²) in [6, 6.07) is -0.936. The fourth-order valence-corrected chi connectivity index (χ4v) is 3.01. The van der Waals surface area contributed by atoms with Crippen LogP contribution in [0.1, 0.15) is 34.1 Å². The van der Waals surface area contributed by atoms with Gasteiger partial charge in [0.25, 0.3) is 0 Å². The maximum atomic E-state index is 12.4. The highest BCUT2D eigenvalue weighted by atomic mass is 32.2. The molecule has 0 spiro atoms. The van der Waals surface area contributed by atoms with E-state index in [1.807, 2.05) is 39.6 Å². The lowest BCUT2D eigenvalue weighted by molar-refractivity contribution is -0.139. The predicted molar refractivity (Wildman–Crippen MR) is 98.2 cm³/mol. The third kappa shape index (κ3) is 7.76. The Morgan fingerprint density at radius 3 is 2.44 bits per heavy atom. The standard InChI is InChI=1S/C16H28N4O4S/c1-10(2)8-12(17-16(23)24-9-11(3)4)13(21)14(22)18-19-15-20(5)6-7-25-15/h10-12H,6-9H2,1-5H3,(H,17,23)(H,18,22)/b19-15-/t12-/m0/s1. The zero-order chi connectivity index (χ0) is 19.0. The van der Waals surface area contributed by atoms with E-state index >= 15 is 0 Å². The molecule has 142 valence electrons. The normalized spacial score (nSPS) is 17.1. The van der Waals surface area contributed by atoms with Crippen molar-refractivity contribution in [3.8, 4) is 0 Å². The number of Topliss-reactive ketones (excluding diaryl/α,β-unsaturated/α-hetero) is 1. The summed E-state index contributed by atoms with van der Waals surface area (Å²) in [5.74, 6) is -0.383. The fourth-order valence-electron chi connectivity index (χ4n) is 2.04. The molecule has 0 unspecified atom stereocenters. The van der Waals surface area contributed by atoms with Crippen molar-refractivity contribution in [2.75, 3.05) is 26.0 Å². The molecule has 1 aliphatic heterocycles. The van der Waals surface area contributed by atoms with Crippen LogP contribution in [0, 0.1) is 11.8 Å². The van der Waals surface area contributed by atoms with Gasteiger partial charge < -0.3 is 15.0 Å². The average Bonchev–Trinajstić information content (AvgIpc) is 2.94. The lowest BCUT2D eigenvalue weighted by atomic mass is 10.00. The van der Waals surface area contributed by atoms with Crippen LogP contribution in [0.3, 0.4) is 0 Å².